The summed E-state index contributed by atoms with van der Waals surface area (Å²) >= 11 is 0. The first-order chi connectivity index (χ1) is 15.1. The molecule has 3 aliphatic rings. The van der Waals surface area contributed by atoms with E-state index in [1.807, 2.05) is 20.8 Å². The van der Waals surface area contributed by atoms with Crippen LogP contribution < -0.4 is 16.0 Å². The van der Waals surface area contributed by atoms with Crippen LogP contribution in [0.2, 0.25) is 6.32 Å². The Kier molecular flexibility index (Phi) is 7.63. The summed E-state index contributed by atoms with van der Waals surface area (Å²) in [6.07, 6.45) is 7.25. The van der Waals surface area contributed by atoms with Crippen LogP contribution in [0.15, 0.2) is 0 Å². The highest BCUT2D eigenvalue weighted by atomic mass is 16.7. The Bertz CT molecular complexity index is 708. The second-order valence-electron chi connectivity index (χ2n) is 12.6. The molecule has 3 N–H and O–H groups in total. The molecule has 0 aromatic rings. The molecule has 3 aliphatic heterocycles. The molecule has 33 heavy (non-hydrogen) atoms. The van der Waals surface area contributed by atoms with E-state index in [-0.39, 0.29) is 41.6 Å². The van der Waals surface area contributed by atoms with Gasteiger partial charge in [0.2, 0.25) is 11.8 Å². The standard InChI is InChI=1S/C25H46BN3O4/c1-17(30)28-25(21(31)29-22(2,3)4,18-15-19-11-12-20(16-18)27-19)13-9-10-14-26-32-23(5,6)24(7,8)33-26/h18-20,27H,9-16H2,1-8H3,(H,28,30)(H,29,31)/t18?,19-,20+,25?. The summed E-state index contributed by atoms with van der Waals surface area (Å²) in [6, 6.07) is 0.878. The van der Waals surface area contributed by atoms with Gasteiger partial charge in [-0.15, -0.1) is 0 Å². The molecular formula is C25H46BN3O4. The van der Waals surface area contributed by atoms with Crippen molar-refractivity contribution < 1.29 is 18.9 Å². The second-order valence-corrected chi connectivity index (χ2v) is 12.6. The Morgan fingerprint density at radius 2 is 1.52 bits per heavy atom. The summed E-state index contributed by atoms with van der Waals surface area (Å²) in [6.45, 7) is 15.8. The van der Waals surface area contributed by atoms with Crippen molar-refractivity contribution in [2.75, 3.05) is 0 Å². The Hall–Kier alpha value is -1.12. The van der Waals surface area contributed by atoms with Gasteiger partial charge in [0.1, 0.15) is 5.54 Å². The van der Waals surface area contributed by atoms with E-state index < -0.39 is 5.54 Å². The van der Waals surface area contributed by atoms with Crippen molar-refractivity contribution in [2.45, 2.75) is 141 Å². The molecule has 188 valence electrons. The van der Waals surface area contributed by atoms with Crippen molar-refractivity contribution >= 4 is 18.9 Å². The topological polar surface area (TPSA) is 88.7 Å². The van der Waals surface area contributed by atoms with E-state index in [2.05, 4.69) is 43.6 Å². The minimum atomic E-state index is -0.891. The SMILES string of the molecule is CC(=O)NC(CCCCB1OC(C)(C)C(C)(C)O1)(C(=O)NC(C)(C)C)C1C[C@H]2CC[C@@H](C1)N2. The first-order valence-electron chi connectivity index (χ1n) is 12.9. The normalized spacial score (nSPS) is 30.1. The molecule has 0 saturated carbocycles. The zero-order valence-corrected chi connectivity index (χ0v) is 22.1. The molecule has 2 unspecified atom stereocenters. The quantitative estimate of drug-likeness (QED) is 0.378. The van der Waals surface area contributed by atoms with Gasteiger partial charge in [-0.2, -0.15) is 0 Å². The van der Waals surface area contributed by atoms with E-state index in [0.717, 1.165) is 44.8 Å². The van der Waals surface area contributed by atoms with Gasteiger partial charge < -0.3 is 25.3 Å². The van der Waals surface area contributed by atoms with Gasteiger partial charge in [-0.05, 0) is 92.8 Å². The second kappa shape index (κ2) is 9.50. The van der Waals surface area contributed by atoms with Gasteiger partial charge in [0.25, 0.3) is 0 Å². The van der Waals surface area contributed by atoms with E-state index in [1.165, 1.54) is 6.92 Å². The van der Waals surface area contributed by atoms with Crippen LogP contribution in [-0.4, -0.2) is 53.3 Å². The molecule has 2 bridgehead atoms. The molecule has 0 aliphatic carbocycles. The lowest BCUT2D eigenvalue weighted by atomic mass is 9.71. The number of fused-ring (bicyclic) bond motifs is 2. The summed E-state index contributed by atoms with van der Waals surface area (Å²) in [5.74, 6) is -0.0672. The highest BCUT2D eigenvalue weighted by molar-refractivity contribution is 6.45. The molecule has 3 rings (SSSR count). The number of amides is 2. The third-order valence-corrected chi connectivity index (χ3v) is 8.03. The highest BCUT2D eigenvalue weighted by Gasteiger charge is 2.52. The molecule has 3 fully saturated rings. The van der Waals surface area contributed by atoms with Crippen molar-refractivity contribution in [3.05, 3.63) is 0 Å². The Morgan fingerprint density at radius 1 is 0.970 bits per heavy atom. The predicted octanol–water partition coefficient (Wildman–Crippen LogP) is 3.57. The molecule has 7 nitrogen and oxygen atoms in total. The number of hydrogen-bond acceptors (Lipinski definition) is 5. The molecule has 0 aromatic carbocycles. The van der Waals surface area contributed by atoms with Crippen LogP contribution in [0.4, 0.5) is 0 Å². The van der Waals surface area contributed by atoms with Crippen LogP contribution in [0.5, 0.6) is 0 Å². The van der Waals surface area contributed by atoms with E-state index in [0.29, 0.717) is 18.5 Å². The van der Waals surface area contributed by atoms with E-state index >= 15 is 0 Å². The third-order valence-electron chi connectivity index (χ3n) is 8.03. The minimum Gasteiger partial charge on any atom is -0.403 e. The lowest BCUT2D eigenvalue weighted by Crippen LogP contribution is -2.66. The van der Waals surface area contributed by atoms with Gasteiger partial charge >= 0.3 is 7.12 Å². The molecule has 0 radical (unpaired) electrons. The molecule has 4 atom stereocenters. The lowest BCUT2D eigenvalue weighted by Gasteiger charge is -2.45. The Morgan fingerprint density at radius 3 is 2.00 bits per heavy atom. The average molecular weight is 463 g/mol. The molecule has 8 heteroatoms. The fourth-order valence-corrected chi connectivity index (χ4v) is 5.75. The number of carbonyl (C=O) groups excluding carboxylic acids is 2. The molecule has 0 spiro atoms. The summed E-state index contributed by atoms with van der Waals surface area (Å²) < 4.78 is 12.3. The average Bonchev–Trinajstić information content (AvgIpc) is 3.09. The molecule has 2 amide bonds. The first kappa shape index (κ1) is 26.5. The van der Waals surface area contributed by atoms with Gasteiger partial charge in [-0.1, -0.05) is 12.8 Å². The fourth-order valence-electron chi connectivity index (χ4n) is 5.75. The molecular weight excluding hydrogens is 417 g/mol. The lowest BCUT2D eigenvalue weighted by molar-refractivity contribution is -0.138. The van der Waals surface area contributed by atoms with Gasteiger partial charge in [0, 0.05) is 24.5 Å². The Labute approximate surface area is 201 Å². The number of nitrogens with one attached hydrogen (secondary N) is 3. The number of piperidine rings is 1. The number of carbonyl (C=O) groups is 2. The van der Waals surface area contributed by atoms with E-state index in [1.54, 1.807) is 0 Å². The number of hydrogen-bond donors (Lipinski definition) is 3. The molecule has 3 heterocycles. The molecule has 0 aromatic heterocycles. The van der Waals surface area contributed by atoms with Crippen LogP contribution >= 0.6 is 0 Å². The number of unbranched alkanes of at least 4 members (excludes halogenated alkanes) is 1. The van der Waals surface area contributed by atoms with E-state index in [4.69, 9.17) is 9.31 Å². The van der Waals surface area contributed by atoms with Crippen LogP contribution in [0.1, 0.15) is 100 Å². The zero-order chi connectivity index (χ0) is 24.7. The summed E-state index contributed by atoms with van der Waals surface area (Å²) in [4.78, 5) is 26.2. The summed E-state index contributed by atoms with van der Waals surface area (Å²) in [5, 5.41) is 10.0. The maximum absolute atomic E-state index is 13.8. The van der Waals surface area contributed by atoms with Gasteiger partial charge in [0.05, 0.1) is 11.2 Å². The van der Waals surface area contributed by atoms with Crippen molar-refractivity contribution in [1.29, 1.82) is 0 Å². The van der Waals surface area contributed by atoms with Crippen LogP contribution in [0, 0.1) is 5.92 Å². The zero-order valence-electron chi connectivity index (χ0n) is 22.1. The van der Waals surface area contributed by atoms with Crippen LogP contribution in [0.3, 0.4) is 0 Å². The monoisotopic (exact) mass is 463 g/mol. The first-order valence-corrected chi connectivity index (χ1v) is 12.9. The summed E-state index contributed by atoms with van der Waals surface area (Å²) in [5.41, 5.74) is -1.93. The highest BCUT2D eigenvalue weighted by Crippen LogP contribution is 2.41. The number of rotatable bonds is 8. The largest absolute Gasteiger partial charge is 0.457 e. The fraction of sp³-hybridized carbons (Fsp3) is 0.920. The van der Waals surface area contributed by atoms with Crippen molar-refractivity contribution in [3.63, 3.8) is 0 Å². The van der Waals surface area contributed by atoms with Crippen LogP contribution in [-0.2, 0) is 18.9 Å². The predicted molar refractivity (Wildman–Crippen MR) is 132 cm³/mol. The van der Waals surface area contributed by atoms with Crippen LogP contribution in [0.25, 0.3) is 0 Å². The van der Waals surface area contributed by atoms with Crippen molar-refractivity contribution in [3.8, 4) is 0 Å². The minimum absolute atomic E-state index is 0.0490. The maximum atomic E-state index is 13.8. The van der Waals surface area contributed by atoms with Gasteiger partial charge in [-0.25, -0.2) is 0 Å². The molecule has 3 saturated heterocycles. The van der Waals surface area contributed by atoms with E-state index in [9.17, 15) is 9.59 Å². The van der Waals surface area contributed by atoms with Crippen molar-refractivity contribution in [1.82, 2.24) is 16.0 Å². The summed E-state index contributed by atoms with van der Waals surface area (Å²) in [7, 11) is -0.233. The Balaban J connectivity index is 1.73. The maximum Gasteiger partial charge on any atom is 0.457 e. The van der Waals surface area contributed by atoms with Gasteiger partial charge in [-0.3, -0.25) is 9.59 Å². The van der Waals surface area contributed by atoms with Gasteiger partial charge in [0.15, 0.2) is 0 Å². The smallest absolute Gasteiger partial charge is 0.403 e. The third kappa shape index (κ3) is 6.12. The van der Waals surface area contributed by atoms with Crippen molar-refractivity contribution in [2.24, 2.45) is 5.92 Å².